The summed E-state index contributed by atoms with van der Waals surface area (Å²) in [7, 11) is 0. The summed E-state index contributed by atoms with van der Waals surface area (Å²) < 4.78 is 17.5. The highest BCUT2D eigenvalue weighted by molar-refractivity contribution is 7.09. The standard InChI is InChI=1S/C11H9FN2O2S/c1-5(15)7-4-10(16)8(3-9(7)12)11-13-6(2)14-17-11/h3-4,16H,1-2H3. The van der Waals surface area contributed by atoms with Crippen molar-refractivity contribution < 1.29 is 14.3 Å². The molecule has 2 rings (SSSR count). The zero-order valence-electron chi connectivity index (χ0n) is 9.19. The van der Waals surface area contributed by atoms with Gasteiger partial charge in [-0.25, -0.2) is 9.37 Å². The topological polar surface area (TPSA) is 63.1 Å². The largest absolute Gasteiger partial charge is 0.507 e. The number of hydrogen-bond acceptors (Lipinski definition) is 5. The fraction of sp³-hybridized carbons (Fsp3) is 0.182. The van der Waals surface area contributed by atoms with Crippen LogP contribution in [0.5, 0.6) is 5.75 Å². The molecule has 1 heterocycles. The fourth-order valence-corrected chi connectivity index (χ4v) is 2.10. The molecule has 1 aromatic heterocycles. The maximum atomic E-state index is 13.6. The van der Waals surface area contributed by atoms with Crippen LogP contribution in [0.3, 0.4) is 0 Å². The number of hydrogen-bond donors (Lipinski definition) is 1. The summed E-state index contributed by atoms with van der Waals surface area (Å²) in [6.07, 6.45) is 0. The van der Waals surface area contributed by atoms with Crippen molar-refractivity contribution in [3.8, 4) is 16.3 Å². The quantitative estimate of drug-likeness (QED) is 0.834. The second kappa shape index (κ2) is 4.21. The lowest BCUT2D eigenvalue weighted by Gasteiger charge is -2.04. The molecule has 0 fully saturated rings. The molecular formula is C11H9FN2O2S. The van der Waals surface area contributed by atoms with Gasteiger partial charge < -0.3 is 5.11 Å². The minimum absolute atomic E-state index is 0.132. The van der Waals surface area contributed by atoms with E-state index >= 15 is 0 Å². The monoisotopic (exact) mass is 252 g/mol. The molecule has 1 aromatic carbocycles. The van der Waals surface area contributed by atoms with Crippen molar-refractivity contribution >= 4 is 17.3 Å². The average Bonchev–Trinajstić information content (AvgIpc) is 2.67. The van der Waals surface area contributed by atoms with E-state index in [0.29, 0.717) is 10.8 Å². The normalized spacial score (nSPS) is 10.5. The maximum absolute atomic E-state index is 13.6. The van der Waals surface area contributed by atoms with Crippen LogP contribution in [0, 0.1) is 12.7 Å². The SMILES string of the molecule is CC(=O)c1cc(O)c(-c2nc(C)ns2)cc1F. The number of benzene rings is 1. The second-order valence-electron chi connectivity index (χ2n) is 3.55. The van der Waals surface area contributed by atoms with Gasteiger partial charge in [-0.1, -0.05) is 0 Å². The number of halogens is 1. The molecule has 1 N–H and O–H groups in total. The van der Waals surface area contributed by atoms with Crippen molar-refractivity contribution in [2.24, 2.45) is 0 Å². The van der Waals surface area contributed by atoms with Crippen LogP contribution in [0.2, 0.25) is 0 Å². The van der Waals surface area contributed by atoms with E-state index in [9.17, 15) is 14.3 Å². The van der Waals surface area contributed by atoms with Crippen molar-refractivity contribution in [2.75, 3.05) is 0 Å². The maximum Gasteiger partial charge on any atom is 0.162 e. The Morgan fingerprint density at radius 2 is 2.18 bits per heavy atom. The van der Waals surface area contributed by atoms with Crippen molar-refractivity contribution in [3.63, 3.8) is 0 Å². The van der Waals surface area contributed by atoms with E-state index in [0.717, 1.165) is 23.7 Å². The van der Waals surface area contributed by atoms with Gasteiger partial charge in [-0.3, -0.25) is 4.79 Å². The van der Waals surface area contributed by atoms with Crippen molar-refractivity contribution in [1.29, 1.82) is 0 Å². The molecule has 0 spiro atoms. The number of carbonyl (C=O) groups excluding carboxylic acids is 1. The molecule has 0 radical (unpaired) electrons. The number of rotatable bonds is 2. The first-order valence-corrected chi connectivity index (χ1v) is 5.60. The molecule has 0 bridgehead atoms. The lowest BCUT2D eigenvalue weighted by Crippen LogP contribution is -1.97. The van der Waals surface area contributed by atoms with Crippen molar-refractivity contribution in [2.45, 2.75) is 13.8 Å². The minimum Gasteiger partial charge on any atom is -0.507 e. The highest BCUT2D eigenvalue weighted by Crippen LogP contribution is 2.32. The van der Waals surface area contributed by atoms with Crippen LogP contribution in [0.25, 0.3) is 10.6 Å². The number of phenols is 1. The molecule has 0 aliphatic carbocycles. The number of Topliss-reactive ketones (excluding diaryl/α,β-unsaturated/α-hetero) is 1. The van der Waals surface area contributed by atoms with Gasteiger partial charge in [0.1, 0.15) is 22.4 Å². The molecule has 0 unspecified atom stereocenters. The first kappa shape index (κ1) is 11.7. The third kappa shape index (κ3) is 2.16. The predicted molar refractivity (Wildman–Crippen MR) is 61.7 cm³/mol. The number of carbonyl (C=O) groups is 1. The van der Waals surface area contributed by atoms with Gasteiger partial charge >= 0.3 is 0 Å². The minimum atomic E-state index is -0.668. The van der Waals surface area contributed by atoms with E-state index in [-0.39, 0.29) is 16.9 Å². The Balaban J connectivity index is 2.57. The highest BCUT2D eigenvalue weighted by Gasteiger charge is 2.16. The van der Waals surface area contributed by atoms with Gasteiger partial charge in [0.2, 0.25) is 0 Å². The highest BCUT2D eigenvalue weighted by atomic mass is 32.1. The van der Waals surface area contributed by atoms with E-state index in [1.807, 2.05) is 0 Å². The molecule has 0 amide bonds. The summed E-state index contributed by atoms with van der Waals surface area (Å²) in [5, 5.41) is 10.2. The molecule has 17 heavy (non-hydrogen) atoms. The number of aryl methyl sites for hydroxylation is 1. The Morgan fingerprint density at radius 1 is 1.47 bits per heavy atom. The van der Waals surface area contributed by atoms with Crippen LogP contribution in [0.15, 0.2) is 12.1 Å². The van der Waals surface area contributed by atoms with Gasteiger partial charge in [-0.2, -0.15) is 4.37 Å². The Bertz CT molecular complexity index is 595. The number of aromatic nitrogens is 2. The molecule has 88 valence electrons. The van der Waals surface area contributed by atoms with Crippen LogP contribution in [-0.2, 0) is 0 Å². The Kier molecular flexibility index (Phi) is 2.89. The summed E-state index contributed by atoms with van der Waals surface area (Å²) in [6, 6.07) is 2.22. The summed E-state index contributed by atoms with van der Waals surface area (Å²) in [4.78, 5) is 15.1. The molecule has 6 heteroatoms. The van der Waals surface area contributed by atoms with Crippen LogP contribution < -0.4 is 0 Å². The summed E-state index contributed by atoms with van der Waals surface area (Å²) in [5.41, 5.74) is 0.116. The Labute approximate surface area is 101 Å². The van der Waals surface area contributed by atoms with Crippen LogP contribution in [-0.4, -0.2) is 20.2 Å². The number of phenolic OH excluding ortho intramolecular Hbond substituents is 1. The first-order valence-electron chi connectivity index (χ1n) is 4.83. The van der Waals surface area contributed by atoms with Crippen LogP contribution in [0.1, 0.15) is 23.1 Å². The third-order valence-electron chi connectivity index (χ3n) is 2.22. The molecule has 0 aliphatic rings. The van der Waals surface area contributed by atoms with Gasteiger partial charge in [0.15, 0.2) is 5.78 Å². The zero-order chi connectivity index (χ0) is 12.6. The molecule has 0 saturated heterocycles. The van der Waals surface area contributed by atoms with Gasteiger partial charge in [0.25, 0.3) is 0 Å². The average molecular weight is 252 g/mol. The molecule has 2 aromatic rings. The van der Waals surface area contributed by atoms with E-state index in [1.165, 1.54) is 6.92 Å². The summed E-state index contributed by atoms with van der Waals surface area (Å²) in [6.45, 7) is 2.95. The van der Waals surface area contributed by atoms with Gasteiger partial charge in [0, 0.05) is 0 Å². The number of ketones is 1. The Morgan fingerprint density at radius 3 is 2.71 bits per heavy atom. The van der Waals surface area contributed by atoms with Gasteiger partial charge in [0.05, 0.1) is 11.1 Å². The lowest BCUT2D eigenvalue weighted by atomic mass is 10.1. The second-order valence-corrected chi connectivity index (χ2v) is 4.30. The zero-order valence-corrected chi connectivity index (χ0v) is 10.0. The smallest absolute Gasteiger partial charge is 0.162 e. The van der Waals surface area contributed by atoms with Crippen LogP contribution in [0.4, 0.5) is 4.39 Å². The van der Waals surface area contributed by atoms with E-state index in [2.05, 4.69) is 9.36 Å². The Hall–Kier alpha value is -1.82. The van der Waals surface area contributed by atoms with Crippen molar-refractivity contribution in [1.82, 2.24) is 9.36 Å². The lowest BCUT2D eigenvalue weighted by molar-refractivity contribution is 0.101. The number of nitrogens with zero attached hydrogens (tertiary/aromatic N) is 2. The van der Waals surface area contributed by atoms with Gasteiger partial charge in [-0.15, -0.1) is 0 Å². The van der Waals surface area contributed by atoms with E-state index < -0.39 is 11.6 Å². The summed E-state index contributed by atoms with van der Waals surface area (Å²) in [5.74, 6) is -0.718. The molecular weight excluding hydrogens is 243 g/mol. The fourth-order valence-electron chi connectivity index (χ4n) is 1.41. The predicted octanol–water partition coefficient (Wildman–Crippen LogP) is 2.56. The van der Waals surface area contributed by atoms with Crippen LogP contribution >= 0.6 is 11.5 Å². The number of aromatic hydroxyl groups is 1. The molecule has 0 aliphatic heterocycles. The third-order valence-corrected chi connectivity index (χ3v) is 3.06. The molecule has 0 atom stereocenters. The molecule has 4 nitrogen and oxygen atoms in total. The van der Waals surface area contributed by atoms with Gasteiger partial charge in [-0.05, 0) is 37.5 Å². The first-order chi connectivity index (χ1) is 7.99. The molecule has 0 saturated carbocycles. The van der Waals surface area contributed by atoms with E-state index in [4.69, 9.17) is 0 Å². The van der Waals surface area contributed by atoms with Crippen molar-refractivity contribution in [3.05, 3.63) is 29.3 Å². The van der Waals surface area contributed by atoms with E-state index in [1.54, 1.807) is 6.92 Å². The summed E-state index contributed by atoms with van der Waals surface area (Å²) >= 11 is 1.07.